The number of fused-ring (bicyclic) bond motifs is 1. The molecule has 0 bridgehead atoms. The number of benzene rings is 4. The Morgan fingerprint density at radius 3 is 2.09 bits per heavy atom. The van der Waals surface area contributed by atoms with Crippen LogP contribution in [0.1, 0.15) is 52.3 Å². The number of aliphatic hydroxyl groups excluding tert-OH is 1. The Morgan fingerprint density at radius 1 is 0.841 bits per heavy atom. The van der Waals surface area contributed by atoms with Crippen LogP contribution in [-0.4, -0.2) is 53.2 Å². The average molecular weight is 588 g/mol. The quantitative estimate of drug-likeness (QED) is 0.176. The number of ether oxygens (including phenoxy) is 2. The van der Waals surface area contributed by atoms with Crippen LogP contribution in [0.4, 0.5) is 0 Å². The van der Waals surface area contributed by atoms with Crippen LogP contribution in [0.5, 0.6) is 5.75 Å². The molecule has 1 unspecified atom stereocenters. The summed E-state index contributed by atoms with van der Waals surface area (Å²) in [5.41, 5.74) is 3.22. The van der Waals surface area contributed by atoms with Gasteiger partial charge in [0.1, 0.15) is 11.9 Å². The highest BCUT2D eigenvalue weighted by atomic mass is 16.6. The molecule has 0 saturated carbocycles. The SMILES string of the molecule is O=C(NCCN1CCC(OC(c2ccccc2)c2ccccc2)CC1)c1cc2ccccc2cc1OC(O)c1cccnc1. The summed E-state index contributed by atoms with van der Waals surface area (Å²) in [5.74, 6) is 0.0813. The highest BCUT2D eigenvalue weighted by molar-refractivity contribution is 6.01. The average Bonchev–Trinajstić information content (AvgIpc) is 3.08. The molecule has 1 aliphatic heterocycles. The van der Waals surface area contributed by atoms with Crippen LogP contribution in [0.3, 0.4) is 0 Å². The minimum absolute atomic E-state index is 0.0942. The van der Waals surface area contributed by atoms with Crippen molar-refractivity contribution in [2.24, 2.45) is 0 Å². The molecule has 1 aliphatic rings. The van der Waals surface area contributed by atoms with Gasteiger partial charge in [0.25, 0.3) is 5.91 Å². The summed E-state index contributed by atoms with van der Waals surface area (Å²) in [4.78, 5) is 19.8. The van der Waals surface area contributed by atoms with Gasteiger partial charge in [0.05, 0.1) is 11.7 Å². The number of amides is 1. The Labute approximate surface area is 258 Å². The van der Waals surface area contributed by atoms with Gasteiger partial charge in [0.15, 0.2) is 0 Å². The normalized spacial score (nSPS) is 14.9. The van der Waals surface area contributed by atoms with Crippen LogP contribution in [-0.2, 0) is 4.74 Å². The van der Waals surface area contributed by atoms with Crippen LogP contribution >= 0.6 is 0 Å². The summed E-state index contributed by atoms with van der Waals surface area (Å²) in [6.07, 6.45) is 3.86. The van der Waals surface area contributed by atoms with Gasteiger partial charge in [-0.3, -0.25) is 9.78 Å². The number of rotatable bonds is 11. The number of nitrogens with one attached hydrogen (secondary N) is 1. The first-order valence-corrected chi connectivity index (χ1v) is 15.2. The minimum atomic E-state index is -1.25. The molecule has 2 N–H and O–H groups in total. The summed E-state index contributed by atoms with van der Waals surface area (Å²) in [6.45, 7) is 3.04. The number of carbonyl (C=O) groups excluding carboxylic acids is 1. The lowest BCUT2D eigenvalue weighted by molar-refractivity contribution is -0.0267. The van der Waals surface area contributed by atoms with Crippen molar-refractivity contribution in [3.8, 4) is 5.75 Å². The summed E-state index contributed by atoms with van der Waals surface area (Å²) >= 11 is 0. The molecule has 0 radical (unpaired) electrons. The molecule has 7 heteroatoms. The van der Waals surface area contributed by atoms with E-state index in [-0.39, 0.29) is 18.1 Å². The maximum Gasteiger partial charge on any atom is 0.255 e. The fraction of sp³-hybridized carbons (Fsp3) is 0.243. The fourth-order valence-electron chi connectivity index (χ4n) is 5.69. The van der Waals surface area contributed by atoms with Crippen molar-refractivity contribution >= 4 is 16.7 Å². The molecule has 44 heavy (non-hydrogen) atoms. The first-order chi connectivity index (χ1) is 21.6. The van der Waals surface area contributed by atoms with E-state index in [1.165, 1.54) is 0 Å². The van der Waals surface area contributed by atoms with Crippen molar-refractivity contribution in [3.63, 3.8) is 0 Å². The highest BCUT2D eigenvalue weighted by Crippen LogP contribution is 2.31. The number of hydrogen-bond donors (Lipinski definition) is 2. The van der Waals surface area contributed by atoms with E-state index in [9.17, 15) is 9.90 Å². The van der Waals surface area contributed by atoms with Gasteiger partial charge in [-0.15, -0.1) is 0 Å². The van der Waals surface area contributed by atoms with Crippen molar-refractivity contribution in [2.75, 3.05) is 26.2 Å². The molecule has 7 nitrogen and oxygen atoms in total. The fourth-order valence-corrected chi connectivity index (χ4v) is 5.69. The van der Waals surface area contributed by atoms with E-state index in [0.717, 1.165) is 54.4 Å². The number of nitrogens with zero attached hydrogens (tertiary/aromatic N) is 2. The van der Waals surface area contributed by atoms with E-state index in [4.69, 9.17) is 9.47 Å². The first kappa shape index (κ1) is 29.5. The van der Waals surface area contributed by atoms with Gasteiger partial charge in [0.2, 0.25) is 6.29 Å². The van der Waals surface area contributed by atoms with Crippen molar-refractivity contribution in [2.45, 2.75) is 31.3 Å². The van der Waals surface area contributed by atoms with Gasteiger partial charge in [-0.25, -0.2) is 0 Å². The first-order valence-electron chi connectivity index (χ1n) is 15.2. The number of hydrogen-bond acceptors (Lipinski definition) is 6. The van der Waals surface area contributed by atoms with E-state index in [1.807, 2.05) is 42.5 Å². The third-order valence-corrected chi connectivity index (χ3v) is 8.08. The third-order valence-electron chi connectivity index (χ3n) is 8.08. The molecule has 224 valence electrons. The summed E-state index contributed by atoms with van der Waals surface area (Å²) in [7, 11) is 0. The van der Waals surface area contributed by atoms with Crippen LogP contribution in [0, 0.1) is 0 Å². The zero-order valence-corrected chi connectivity index (χ0v) is 24.6. The smallest absolute Gasteiger partial charge is 0.255 e. The molecule has 4 aromatic carbocycles. The zero-order valence-electron chi connectivity index (χ0n) is 24.6. The number of likely N-dealkylation sites (tertiary alicyclic amines) is 1. The number of aliphatic hydroxyl groups is 1. The number of pyridine rings is 1. The molecule has 1 saturated heterocycles. The largest absolute Gasteiger partial charge is 0.460 e. The monoisotopic (exact) mass is 587 g/mol. The van der Waals surface area contributed by atoms with E-state index in [2.05, 4.69) is 63.7 Å². The van der Waals surface area contributed by atoms with Crippen molar-refractivity contribution in [3.05, 3.63) is 144 Å². The molecule has 0 spiro atoms. The molecule has 1 aromatic heterocycles. The highest BCUT2D eigenvalue weighted by Gasteiger charge is 2.25. The second-order valence-corrected chi connectivity index (χ2v) is 11.1. The Bertz CT molecular complexity index is 1600. The summed E-state index contributed by atoms with van der Waals surface area (Å²) < 4.78 is 12.6. The third kappa shape index (κ3) is 7.32. The van der Waals surface area contributed by atoms with Crippen LogP contribution in [0.15, 0.2) is 122 Å². The van der Waals surface area contributed by atoms with Crippen LogP contribution in [0.25, 0.3) is 10.8 Å². The number of aromatic nitrogens is 1. The van der Waals surface area contributed by atoms with E-state index >= 15 is 0 Å². The van der Waals surface area contributed by atoms with E-state index in [1.54, 1.807) is 30.6 Å². The van der Waals surface area contributed by atoms with Crippen molar-refractivity contribution in [1.82, 2.24) is 15.2 Å². The maximum absolute atomic E-state index is 13.4. The maximum atomic E-state index is 13.4. The topological polar surface area (TPSA) is 83.9 Å². The van der Waals surface area contributed by atoms with Crippen LogP contribution in [0.2, 0.25) is 0 Å². The standard InChI is InChI=1S/C37H37N3O4/c41-36(33-24-29-14-7-8-15-30(29)25-34(33)44-37(42)31-16-9-19-38-26-31)39-20-23-40-21-17-32(18-22-40)43-35(27-10-3-1-4-11-27)28-12-5-2-6-13-28/h1-16,19,24-26,32,35,37,42H,17-18,20-23H2,(H,39,41). The molecule has 5 aromatic rings. The van der Waals surface area contributed by atoms with Gasteiger partial charge in [-0.1, -0.05) is 84.9 Å². The van der Waals surface area contributed by atoms with E-state index in [0.29, 0.717) is 23.4 Å². The van der Waals surface area contributed by atoms with E-state index < -0.39 is 6.29 Å². The Morgan fingerprint density at radius 2 is 1.45 bits per heavy atom. The Kier molecular flexibility index (Phi) is 9.57. The van der Waals surface area contributed by atoms with Gasteiger partial charge >= 0.3 is 0 Å². The lowest BCUT2D eigenvalue weighted by Crippen LogP contribution is -2.41. The lowest BCUT2D eigenvalue weighted by atomic mass is 10.00. The molecule has 0 aliphatic carbocycles. The molecule has 6 rings (SSSR count). The molecular weight excluding hydrogens is 550 g/mol. The predicted octanol–water partition coefficient (Wildman–Crippen LogP) is 6.31. The van der Waals surface area contributed by atoms with Gasteiger partial charge in [0, 0.05) is 44.1 Å². The van der Waals surface area contributed by atoms with Crippen molar-refractivity contribution < 1.29 is 19.4 Å². The number of carbonyl (C=O) groups is 1. The molecule has 1 fully saturated rings. The van der Waals surface area contributed by atoms with Gasteiger partial charge < -0.3 is 24.8 Å². The van der Waals surface area contributed by atoms with Crippen molar-refractivity contribution in [1.29, 1.82) is 0 Å². The van der Waals surface area contributed by atoms with Gasteiger partial charge in [-0.05, 0) is 59.0 Å². The second kappa shape index (κ2) is 14.3. The lowest BCUT2D eigenvalue weighted by Gasteiger charge is -2.34. The zero-order chi connectivity index (χ0) is 30.1. The molecule has 2 heterocycles. The summed E-state index contributed by atoms with van der Waals surface area (Å²) in [5, 5.41) is 15.6. The Balaban J connectivity index is 1.05. The molecular formula is C37H37N3O4. The summed E-state index contributed by atoms with van der Waals surface area (Å²) in [6, 6.07) is 35.6. The molecule has 1 atom stereocenters. The predicted molar refractivity (Wildman–Crippen MR) is 171 cm³/mol. The van der Waals surface area contributed by atoms with Gasteiger partial charge in [-0.2, -0.15) is 0 Å². The van der Waals surface area contributed by atoms with Crippen LogP contribution < -0.4 is 10.1 Å². The Hall–Kier alpha value is -4.56. The second-order valence-electron chi connectivity index (χ2n) is 11.1. The number of piperidine rings is 1. The molecule has 1 amide bonds. The minimum Gasteiger partial charge on any atom is -0.460 e.